The Morgan fingerprint density at radius 1 is 1.26 bits per heavy atom. The Hall–Kier alpha value is -2.30. The lowest BCUT2D eigenvalue weighted by atomic mass is 10.1. The molecule has 170 valence electrons. The number of oxazole rings is 1. The Morgan fingerprint density at radius 2 is 1.97 bits per heavy atom. The number of ether oxygens (including phenoxy) is 1. The molecule has 1 aromatic heterocycles. The Labute approximate surface area is 200 Å². The Morgan fingerprint density at radius 3 is 2.61 bits per heavy atom. The number of benzene rings is 1. The molecule has 9 heteroatoms. The third-order valence-electron chi connectivity index (χ3n) is 4.97. The smallest absolute Gasteiger partial charge is 0.409 e. The van der Waals surface area contributed by atoms with Crippen molar-refractivity contribution in [3.05, 3.63) is 41.9 Å². The van der Waals surface area contributed by atoms with Crippen molar-refractivity contribution in [2.75, 3.05) is 26.2 Å². The summed E-state index contributed by atoms with van der Waals surface area (Å²) in [6.45, 7) is 8.77. The average Bonchev–Trinajstić information content (AvgIpc) is 3.22. The molecule has 1 aliphatic rings. The summed E-state index contributed by atoms with van der Waals surface area (Å²) in [4.78, 5) is 22.6. The van der Waals surface area contributed by atoms with Crippen molar-refractivity contribution in [3.8, 4) is 11.3 Å². The maximum Gasteiger partial charge on any atom is 0.409 e. The molecule has 3 rings (SSSR count). The monoisotopic (exact) mass is 541 g/mol. The number of nitrogens with zero attached hydrogens (tertiary/aromatic N) is 3. The summed E-state index contributed by atoms with van der Waals surface area (Å²) in [5.41, 5.74) is 2.21. The van der Waals surface area contributed by atoms with E-state index in [9.17, 15) is 4.79 Å². The zero-order chi connectivity index (χ0) is 21.3. The average molecular weight is 541 g/mol. The van der Waals surface area contributed by atoms with Crippen molar-refractivity contribution < 1.29 is 13.9 Å². The van der Waals surface area contributed by atoms with Crippen molar-refractivity contribution in [2.24, 2.45) is 4.99 Å². The number of hydrogen-bond acceptors (Lipinski definition) is 5. The lowest BCUT2D eigenvalue weighted by Gasteiger charge is -2.32. The van der Waals surface area contributed by atoms with Crippen LogP contribution in [0, 0.1) is 6.92 Å². The van der Waals surface area contributed by atoms with Gasteiger partial charge in [-0.25, -0.2) is 14.8 Å². The molecule has 0 radical (unpaired) electrons. The molecule has 1 saturated heterocycles. The lowest BCUT2D eigenvalue weighted by molar-refractivity contribution is 0.0963. The molecule has 0 aliphatic carbocycles. The second kappa shape index (κ2) is 12.5. The molecule has 0 spiro atoms. The summed E-state index contributed by atoms with van der Waals surface area (Å²) in [6.07, 6.45) is 3.20. The molecule has 1 amide bonds. The highest BCUT2D eigenvalue weighted by atomic mass is 127. The van der Waals surface area contributed by atoms with Crippen LogP contribution in [0.15, 0.2) is 39.9 Å². The van der Waals surface area contributed by atoms with Gasteiger partial charge in [0.15, 0.2) is 11.7 Å². The largest absolute Gasteiger partial charge is 0.450 e. The fraction of sp³-hybridized carbons (Fsp3) is 0.500. The molecule has 1 fully saturated rings. The standard InChI is InChI=1S/C22H31N5O3.HI/c1-4-23-21(26-18-10-12-27(13-11-18)22(28)29-5-2)25-15-20-24-14-19(30-20)17-8-6-16(3)7-9-17;/h6-9,14,18H,4-5,10-13,15H2,1-3H3,(H2,23,25,26);1H. The second-order valence-corrected chi connectivity index (χ2v) is 7.28. The van der Waals surface area contributed by atoms with Crippen molar-refractivity contribution in [1.29, 1.82) is 0 Å². The molecule has 1 aromatic carbocycles. The molecule has 2 N–H and O–H groups in total. The van der Waals surface area contributed by atoms with Gasteiger partial charge in [-0.15, -0.1) is 24.0 Å². The van der Waals surface area contributed by atoms with Crippen LogP contribution in [0.25, 0.3) is 11.3 Å². The van der Waals surface area contributed by atoms with E-state index < -0.39 is 0 Å². The number of hydrogen-bond donors (Lipinski definition) is 2. The van der Waals surface area contributed by atoms with Gasteiger partial charge in [0.05, 0.1) is 12.8 Å². The summed E-state index contributed by atoms with van der Waals surface area (Å²) in [7, 11) is 0. The number of aryl methyl sites for hydroxylation is 1. The van der Waals surface area contributed by atoms with Gasteiger partial charge >= 0.3 is 6.09 Å². The van der Waals surface area contributed by atoms with Gasteiger partial charge < -0.3 is 24.7 Å². The number of carbonyl (C=O) groups is 1. The van der Waals surface area contributed by atoms with Crippen LogP contribution in [0.2, 0.25) is 0 Å². The molecule has 0 bridgehead atoms. The summed E-state index contributed by atoms with van der Waals surface area (Å²) in [5.74, 6) is 2.03. The van der Waals surface area contributed by atoms with Crippen LogP contribution in [0.5, 0.6) is 0 Å². The normalized spacial score (nSPS) is 14.7. The first-order valence-corrected chi connectivity index (χ1v) is 10.6. The van der Waals surface area contributed by atoms with Crippen LogP contribution in [0.1, 0.15) is 38.1 Å². The summed E-state index contributed by atoms with van der Waals surface area (Å²) in [6, 6.07) is 8.40. The molecule has 1 aliphatic heterocycles. The summed E-state index contributed by atoms with van der Waals surface area (Å²) < 4.78 is 10.9. The fourth-order valence-electron chi connectivity index (χ4n) is 3.32. The van der Waals surface area contributed by atoms with E-state index in [2.05, 4.69) is 39.7 Å². The number of carbonyl (C=O) groups excluding carboxylic acids is 1. The molecular formula is C22H32IN5O3. The summed E-state index contributed by atoms with van der Waals surface area (Å²) >= 11 is 0. The topological polar surface area (TPSA) is 92.0 Å². The van der Waals surface area contributed by atoms with Gasteiger partial charge in [0.1, 0.15) is 6.54 Å². The van der Waals surface area contributed by atoms with E-state index in [0.29, 0.717) is 32.1 Å². The molecular weight excluding hydrogens is 509 g/mol. The molecule has 2 aromatic rings. The summed E-state index contributed by atoms with van der Waals surface area (Å²) in [5, 5.41) is 6.72. The van der Waals surface area contributed by atoms with E-state index in [0.717, 1.165) is 36.7 Å². The van der Waals surface area contributed by atoms with Crippen molar-refractivity contribution >= 4 is 36.0 Å². The van der Waals surface area contributed by atoms with Crippen LogP contribution in [-0.2, 0) is 11.3 Å². The number of nitrogens with one attached hydrogen (secondary N) is 2. The number of piperidine rings is 1. The first-order chi connectivity index (χ1) is 14.6. The van der Waals surface area contributed by atoms with Gasteiger partial charge in [0, 0.05) is 31.2 Å². The number of likely N-dealkylation sites (tertiary alicyclic amines) is 1. The highest BCUT2D eigenvalue weighted by Crippen LogP contribution is 2.21. The minimum absolute atomic E-state index is 0. The molecule has 31 heavy (non-hydrogen) atoms. The van der Waals surface area contributed by atoms with Gasteiger partial charge in [-0.1, -0.05) is 29.8 Å². The number of rotatable bonds is 6. The van der Waals surface area contributed by atoms with Gasteiger partial charge in [-0.05, 0) is 33.6 Å². The lowest BCUT2D eigenvalue weighted by Crippen LogP contribution is -2.49. The van der Waals surface area contributed by atoms with Gasteiger partial charge in [0.2, 0.25) is 5.89 Å². The van der Waals surface area contributed by atoms with Crippen LogP contribution >= 0.6 is 24.0 Å². The molecule has 8 nitrogen and oxygen atoms in total. The number of halogens is 1. The Kier molecular flexibility index (Phi) is 10.1. The van der Waals surface area contributed by atoms with E-state index in [1.807, 2.05) is 26.0 Å². The highest BCUT2D eigenvalue weighted by Gasteiger charge is 2.24. The van der Waals surface area contributed by atoms with E-state index in [1.165, 1.54) is 5.56 Å². The Balaban J connectivity index is 0.00000341. The number of aromatic nitrogens is 1. The van der Waals surface area contributed by atoms with Gasteiger partial charge in [-0.2, -0.15) is 0 Å². The van der Waals surface area contributed by atoms with E-state index in [1.54, 1.807) is 11.1 Å². The van der Waals surface area contributed by atoms with E-state index in [4.69, 9.17) is 9.15 Å². The Bertz CT molecular complexity index is 845. The molecule has 0 saturated carbocycles. The van der Waals surface area contributed by atoms with Gasteiger partial charge in [-0.3, -0.25) is 0 Å². The predicted octanol–water partition coefficient (Wildman–Crippen LogP) is 3.94. The maximum atomic E-state index is 11.8. The van der Waals surface area contributed by atoms with Crippen molar-refractivity contribution in [3.63, 3.8) is 0 Å². The number of aliphatic imine (C=N–C) groups is 1. The van der Waals surface area contributed by atoms with Gasteiger partial charge in [0.25, 0.3) is 0 Å². The van der Waals surface area contributed by atoms with Crippen molar-refractivity contribution in [2.45, 2.75) is 46.2 Å². The van der Waals surface area contributed by atoms with E-state index in [-0.39, 0.29) is 36.1 Å². The number of guanidine groups is 1. The highest BCUT2D eigenvalue weighted by molar-refractivity contribution is 14.0. The number of amides is 1. The first kappa shape index (κ1) is 25.0. The van der Waals surface area contributed by atoms with Crippen LogP contribution in [0.3, 0.4) is 0 Å². The third-order valence-corrected chi connectivity index (χ3v) is 4.97. The minimum atomic E-state index is -0.232. The zero-order valence-electron chi connectivity index (χ0n) is 18.4. The molecule has 0 atom stereocenters. The second-order valence-electron chi connectivity index (χ2n) is 7.28. The molecule has 2 heterocycles. The zero-order valence-corrected chi connectivity index (χ0v) is 20.7. The quantitative estimate of drug-likeness (QED) is 0.327. The predicted molar refractivity (Wildman–Crippen MR) is 132 cm³/mol. The van der Waals surface area contributed by atoms with Crippen LogP contribution < -0.4 is 10.6 Å². The first-order valence-electron chi connectivity index (χ1n) is 10.6. The molecule has 0 unspecified atom stereocenters. The van der Waals surface area contributed by atoms with E-state index >= 15 is 0 Å². The fourth-order valence-corrected chi connectivity index (χ4v) is 3.32. The maximum absolute atomic E-state index is 11.8. The van der Waals surface area contributed by atoms with Crippen molar-refractivity contribution in [1.82, 2.24) is 20.5 Å². The third kappa shape index (κ3) is 7.41. The van der Waals surface area contributed by atoms with Crippen LogP contribution in [0.4, 0.5) is 4.79 Å². The SMILES string of the molecule is CCNC(=NCc1ncc(-c2ccc(C)cc2)o1)NC1CCN(C(=O)OCC)CC1.I. The van der Waals surface area contributed by atoms with Crippen LogP contribution in [-0.4, -0.2) is 54.2 Å². The minimum Gasteiger partial charge on any atom is -0.450 e.